The molecule has 27 nitrogen and oxygen atoms in total. The van der Waals surface area contributed by atoms with E-state index >= 15 is 0 Å². The molecule has 4 N–H and O–H groups in total. The maximum atomic E-state index is 13.5. The van der Waals surface area contributed by atoms with Crippen LogP contribution in [0.3, 0.4) is 0 Å². The fourth-order valence-electron chi connectivity index (χ4n) is 9.40. The number of ether oxygens (including phenoxy) is 3. The Bertz CT molecular complexity index is 2900. The molecule has 6 rings (SSSR count). The number of unbranched alkanes of at least 4 members (excludes halogenated alkanes) is 1. The third kappa shape index (κ3) is 14.8. The van der Waals surface area contributed by atoms with Crippen LogP contribution in [0.15, 0.2) is 37.2 Å². The molecule has 0 bridgehead atoms. The number of esters is 2. The van der Waals surface area contributed by atoms with E-state index in [1.54, 1.807) is 54.7 Å². The summed E-state index contributed by atoms with van der Waals surface area (Å²) in [5, 5.41) is 29.7. The summed E-state index contributed by atoms with van der Waals surface area (Å²) in [6.07, 6.45) is 6.67. The van der Waals surface area contributed by atoms with Gasteiger partial charge < -0.3 is 55.1 Å². The normalized spacial score (nSPS) is 17.7. The molecule has 0 aliphatic carbocycles. The third-order valence-corrected chi connectivity index (χ3v) is 13.5. The molecule has 6 amide bonds. The van der Waals surface area contributed by atoms with Gasteiger partial charge in [-0.2, -0.15) is 10.5 Å². The minimum atomic E-state index is -1.01. The Kier molecular flexibility index (Phi) is 19.6. The molecule has 6 heterocycles. The quantitative estimate of drug-likeness (QED) is 0.0593. The van der Waals surface area contributed by atoms with Gasteiger partial charge >= 0.3 is 30.1 Å². The molecular formula is C50H66N16O11. The number of piperidine rings is 2. The molecule has 27 heteroatoms. The molecule has 2 fully saturated rings. The number of alkyl carbamates (subject to hydrolysis) is 1. The molecule has 2 saturated heterocycles. The van der Waals surface area contributed by atoms with Gasteiger partial charge in [-0.05, 0) is 70.9 Å². The second kappa shape index (κ2) is 26.2. The summed E-state index contributed by atoms with van der Waals surface area (Å²) in [4.78, 5) is 128. The highest BCUT2D eigenvalue weighted by molar-refractivity contribution is 5.97. The number of aromatic nitrogens is 6. The average Bonchev–Trinajstić information content (AvgIpc) is 4.06. The first-order valence-electron chi connectivity index (χ1n) is 25.2. The van der Waals surface area contributed by atoms with E-state index in [0.29, 0.717) is 54.8 Å². The minimum absolute atomic E-state index is 0.111. The second-order valence-corrected chi connectivity index (χ2v) is 19.8. The molecule has 5 atom stereocenters. The highest BCUT2D eigenvalue weighted by Crippen LogP contribution is 2.32. The predicted molar refractivity (Wildman–Crippen MR) is 276 cm³/mol. The highest BCUT2D eigenvalue weighted by atomic mass is 16.6. The number of carbonyl (C=O) groups is 8. The Morgan fingerprint density at radius 1 is 0.766 bits per heavy atom. The molecule has 2 aliphatic heterocycles. The number of fused-ring (bicyclic) bond motifs is 2. The van der Waals surface area contributed by atoms with Crippen LogP contribution < -0.4 is 31.1 Å². The van der Waals surface area contributed by atoms with Gasteiger partial charge in [0.15, 0.2) is 11.3 Å². The van der Waals surface area contributed by atoms with Crippen molar-refractivity contribution in [2.24, 2.45) is 11.8 Å². The summed E-state index contributed by atoms with van der Waals surface area (Å²) in [5.41, 5.74) is -0.184. The molecule has 77 heavy (non-hydrogen) atoms. The second-order valence-electron chi connectivity index (χ2n) is 19.8. The number of nitrogens with zero attached hydrogens (tertiary/aromatic N) is 12. The lowest BCUT2D eigenvalue weighted by Gasteiger charge is -2.43. The fraction of sp³-hybridized carbons (Fsp3) is 0.560. The summed E-state index contributed by atoms with van der Waals surface area (Å²) in [6.45, 7) is 7.87. The molecule has 2 aliphatic rings. The van der Waals surface area contributed by atoms with Crippen molar-refractivity contribution in [1.29, 1.82) is 10.5 Å². The van der Waals surface area contributed by atoms with Crippen molar-refractivity contribution in [3.8, 4) is 12.1 Å². The first-order valence-corrected chi connectivity index (χ1v) is 25.2. The molecule has 412 valence electrons. The SMILES string of the molecule is COC(=O)[C@H](CCCCNC(=O)OC(C)(C)C)NC(=O)CNC(=O)n1ccc2c(N(C)[C@H]3CN(C(=O)CC#N)CC[C@H]3COC(=O)CNC(=O)n3ccc4c(N(C)[C@H]5CN(C(=O)CC#N)CC[C@H]5C)ncnc43)ncnc21. The van der Waals surface area contributed by atoms with Gasteiger partial charge in [0.25, 0.3) is 0 Å². The largest absolute Gasteiger partial charge is 0.467 e. The summed E-state index contributed by atoms with van der Waals surface area (Å²) >= 11 is 0. The average molecular weight is 1070 g/mol. The minimum Gasteiger partial charge on any atom is -0.467 e. The maximum Gasteiger partial charge on any atom is 0.407 e. The zero-order chi connectivity index (χ0) is 56.0. The topological polar surface area (TPSA) is 334 Å². The number of hydrogen-bond acceptors (Lipinski definition) is 19. The Balaban J connectivity index is 1.06. The highest BCUT2D eigenvalue weighted by Gasteiger charge is 2.37. The van der Waals surface area contributed by atoms with Gasteiger partial charge in [0, 0.05) is 65.1 Å². The summed E-state index contributed by atoms with van der Waals surface area (Å²) < 4.78 is 18.3. The van der Waals surface area contributed by atoms with Crippen molar-refractivity contribution in [3.63, 3.8) is 0 Å². The standard InChI is InChI=1S/C50H66N16O11/c1-31-13-20-63(39(68)11-17-51)26-36(31)61(5)42-33-15-23-66(44(33)58-29-56-42)48(73)55-25-41(70)76-28-32-14-21-64(40(69)12-18-52)27-37(32)62(6)43-34-16-22-65(45(34)59-30-57-43)47(72)54-24-38(67)60-35(46(71)75-7)10-8-9-19-53-49(74)77-50(2,3)4/h15-16,22-23,29-32,35-37H,8-14,19-21,24-28H2,1-7H3,(H,53,74)(H,54,72)(H,55,73)(H,60,67)/t31-,32+,35+,36+,37+/m1/s1. The van der Waals surface area contributed by atoms with Crippen molar-refractivity contribution < 1.29 is 52.6 Å². The van der Waals surface area contributed by atoms with Gasteiger partial charge in [-0.15, -0.1) is 0 Å². The van der Waals surface area contributed by atoms with Crippen LogP contribution in [0.2, 0.25) is 0 Å². The monoisotopic (exact) mass is 1070 g/mol. The third-order valence-electron chi connectivity index (χ3n) is 13.5. The molecule has 4 aromatic heterocycles. The van der Waals surface area contributed by atoms with E-state index in [1.165, 1.54) is 41.3 Å². The number of anilines is 2. The molecule has 0 aromatic carbocycles. The van der Waals surface area contributed by atoms with Crippen LogP contribution in [-0.4, -0.2) is 184 Å². The molecule has 0 unspecified atom stereocenters. The van der Waals surface area contributed by atoms with Crippen LogP contribution >= 0.6 is 0 Å². The smallest absolute Gasteiger partial charge is 0.407 e. The van der Waals surface area contributed by atoms with Crippen LogP contribution in [0.4, 0.5) is 26.0 Å². The van der Waals surface area contributed by atoms with E-state index in [2.05, 4.69) is 48.1 Å². The Labute approximate surface area is 444 Å². The van der Waals surface area contributed by atoms with Crippen LogP contribution in [0, 0.1) is 34.5 Å². The van der Waals surface area contributed by atoms with E-state index in [1.807, 2.05) is 24.1 Å². The van der Waals surface area contributed by atoms with Gasteiger partial charge in [-0.1, -0.05) is 6.92 Å². The number of likely N-dealkylation sites (N-methyl/N-ethyl adjacent to an activating group) is 2. The Hall–Kier alpha value is -8.62. The zero-order valence-electron chi connectivity index (χ0n) is 44.3. The van der Waals surface area contributed by atoms with Crippen molar-refractivity contribution in [2.75, 3.05) is 83.4 Å². The van der Waals surface area contributed by atoms with Crippen LogP contribution in [0.1, 0.15) is 72.6 Å². The Morgan fingerprint density at radius 3 is 1.87 bits per heavy atom. The zero-order valence-corrected chi connectivity index (χ0v) is 44.3. The summed E-state index contributed by atoms with van der Waals surface area (Å²) in [5.74, 6) is -1.97. The number of carbonyl (C=O) groups excluding carboxylic acids is 8. The van der Waals surface area contributed by atoms with E-state index in [0.717, 1.165) is 6.42 Å². The maximum absolute atomic E-state index is 13.5. The molecule has 0 saturated carbocycles. The van der Waals surface area contributed by atoms with Crippen molar-refractivity contribution in [3.05, 3.63) is 37.2 Å². The van der Waals surface area contributed by atoms with Gasteiger partial charge in [0.1, 0.15) is 55.3 Å². The lowest BCUT2D eigenvalue weighted by molar-refractivity contribution is -0.145. The molecule has 0 radical (unpaired) electrons. The number of amides is 6. The number of methoxy groups -OCH3 is 1. The first-order chi connectivity index (χ1) is 36.7. The van der Waals surface area contributed by atoms with E-state index < -0.39 is 66.8 Å². The lowest BCUT2D eigenvalue weighted by atomic mass is 9.90. The fourth-order valence-corrected chi connectivity index (χ4v) is 9.40. The molecular weight excluding hydrogens is 1000 g/mol. The number of hydrogen-bond donors (Lipinski definition) is 4. The summed E-state index contributed by atoms with van der Waals surface area (Å²) in [6, 6.07) is 4.09. The number of likely N-dealkylation sites (tertiary alicyclic amines) is 2. The van der Waals surface area contributed by atoms with Gasteiger partial charge in [-0.25, -0.2) is 39.1 Å². The van der Waals surface area contributed by atoms with Gasteiger partial charge in [0.05, 0.1) is 55.3 Å². The Morgan fingerprint density at radius 2 is 1.31 bits per heavy atom. The van der Waals surface area contributed by atoms with Crippen molar-refractivity contribution in [1.82, 2.24) is 60.1 Å². The van der Waals surface area contributed by atoms with E-state index in [-0.39, 0.29) is 86.5 Å². The molecule has 4 aromatic rings. The number of nitrogens with one attached hydrogen (secondary N) is 4. The van der Waals surface area contributed by atoms with E-state index in [9.17, 15) is 43.6 Å². The van der Waals surface area contributed by atoms with Crippen LogP contribution in [-0.2, 0) is 38.2 Å². The van der Waals surface area contributed by atoms with Crippen molar-refractivity contribution >= 4 is 81.5 Å². The van der Waals surface area contributed by atoms with Crippen molar-refractivity contribution in [2.45, 2.75) is 96.4 Å². The predicted octanol–water partition coefficient (Wildman–Crippen LogP) is 2.04. The van der Waals surface area contributed by atoms with Crippen LogP contribution in [0.25, 0.3) is 22.1 Å². The number of nitriles is 2. The van der Waals surface area contributed by atoms with Crippen LogP contribution in [0.5, 0.6) is 0 Å². The van der Waals surface area contributed by atoms with Gasteiger partial charge in [-0.3, -0.25) is 28.3 Å². The lowest BCUT2D eigenvalue weighted by Crippen LogP contribution is -2.54. The number of rotatable bonds is 19. The first kappa shape index (κ1) is 57.7. The summed E-state index contributed by atoms with van der Waals surface area (Å²) in [7, 11) is 4.78. The molecule has 0 spiro atoms. The van der Waals surface area contributed by atoms with Gasteiger partial charge in [0.2, 0.25) is 17.7 Å². The van der Waals surface area contributed by atoms with E-state index in [4.69, 9.17) is 19.5 Å².